The molecule has 0 saturated heterocycles. The molecule has 0 aromatic heterocycles. The van der Waals surface area contributed by atoms with Gasteiger partial charge in [-0.05, 0) is 0 Å². The van der Waals surface area contributed by atoms with Gasteiger partial charge < -0.3 is 40.3 Å². The van der Waals surface area contributed by atoms with Crippen LogP contribution >= 0.6 is 0 Å². The Hall–Kier alpha value is -0.748. The molecular weight excluding hydrogens is 407 g/mol. The predicted molar refractivity (Wildman–Crippen MR) is 38.6 cm³/mol. The second-order valence-corrected chi connectivity index (χ2v) is 2.42. The fourth-order valence-electron chi connectivity index (χ4n) is 0.684. The predicted octanol–water partition coefficient (Wildman–Crippen LogP) is -6.46. The van der Waals surface area contributed by atoms with Crippen molar-refractivity contribution in [1.29, 1.82) is 0 Å². The van der Waals surface area contributed by atoms with Crippen LogP contribution in [0, 0.1) is 0 Å². The standard InChI is InChI=1S/C6H8O7.H2O.Pb/c7-3(8)1-6(13,5(11)12)2-4(9)10;;/h13H,1-2H2,(H,7,8)(H,9,10)(H,11,12);1H2;/p-3. The molecule has 15 heavy (non-hydrogen) atoms. The third-order valence-electron chi connectivity index (χ3n) is 1.25. The number of hydrogen-bond donors (Lipinski definition) is 1. The van der Waals surface area contributed by atoms with Crippen LogP contribution in [0.15, 0.2) is 0 Å². The van der Waals surface area contributed by atoms with Crippen LogP contribution in [0.5, 0.6) is 0 Å². The first kappa shape index (κ1) is 19.8. The molecule has 0 amide bonds. The minimum atomic E-state index is -2.97. The van der Waals surface area contributed by atoms with Gasteiger partial charge >= 0.3 is 0 Å². The molecule has 0 heterocycles. The maximum absolute atomic E-state index is 10.1. The van der Waals surface area contributed by atoms with Crippen LogP contribution in [0.1, 0.15) is 12.8 Å². The second-order valence-electron chi connectivity index (χ2n) is 2.42. The van der Waals surface area contributed by atoms with Gasteiger partial charge in [-0.3, -0.25) is 0 Å². The number of aliphatic hydroxyl groups is 1. The first-order valence-electron chi connectivity index (χ1n) is 3.11. The average Bonchev–Trinajstić information content (AvgIpc) is 1.82. The Bertz CT molecular complexity index is 234. The molecule has 0 rings (SSSR count). The minimum Gasteiger partial charge on any atom is -0.550 e. The van der Waals surface area contributed by atoms with Crippen molar-refractivity contribution in [2.45, 2.75) is 18.4 Å². The molecule has 0 aromatic carbocycles. The molecule has 0 saturated carbocycles. The maximum atomic E-state index is 10.1. The van der Waals surface area contributed by atoms with Crippen LogP contribution in [0.3, 0.4) is 0 Å². The van der Waals surface area contributed by atoms with Crippen molar-refractivity contribution in [1.82, 2.24) is 0 Å². The SMILES string of the molecule is O.O=C([O-])CC(O)(CC(=O)[O-])C(=O)[O-].[Pb]. The number of carboxylic acid groups (broad SMARTS) is 3. The molecule has 0 unspecified atom stereocenters. The van der Waals surface area contributed by atoms with Crippen LogP contribution in [-0.2, 0) is 14.4 Å². The average molecular weight is 414 g/mol. The van der Waals surface area contributed by atoms with Crippen molar-refractivity contribution < 1.29 is 40.3 Å². The summed E-state index contributed by atoms with van der Waals surface area (Å²) < 4.78 is 0. The third kappa shape index (κ3) is 7.21. The number of rotatable bonds is 5. The van der Waals surface area contributed by atoms with E-state index in [1.807, 2.05) is 0 Å². The summed E-state index contributed by atoms with van der Waals surface area (Å²) in [6.45, 7) is 0. The summed E-state index contributed by atoms with van der Waals surface area (Å²) in [6, 6.07) is 0. The molecule has 8 nitrogen and oxygen atoms in total. The van der Waals surface area contributed by atoms with E-state index in [1.165, 1.54) is 0 Å². The Kier molecular flexibility index (Phi) is 9.93. The zero-order valence-electron chi connectivity index (χ0n) is 7.31. The van der Waals surface area contributed by atoms with Crippen molar-refractivity contribution in [2.75, 3.05) is 0 Å². The van der Waals surface area contributed by atoms with Crippen molar-refractivity contribution in [3.05, 3.63) is 0 Å². The Balaban J connectivity index is -0.000000720. The minimum absolute atomic E-state index is 0. The molecule has 0 atom stereocenters. The summed E-state index contributed by atoms with van der Waals surface area (Å²) in [7, 11) is 0. The van der Waals surface area contributed by atoms with Crippen LogP contribution in [0.4, 0.5) is 0 Å². The second kappa shape index (κ2) is 7.53. The van der Waals surface area contributed by atoms with Crippen LogP contribution in [0.25, 0.3) is 0 Å². The molecule has 0 aromatic rings. The van der Waals surface area contributed by atoms with Crippen LogP contribution < -0.4 is 15.3 Å². The van der Waals surface area contributed by atoms with E-state index < -0.39 is 36.4 Å². The topological polar surface area (TPSA) is 172 Å². The Morgan fingerprint density at radius 2 is 1.27 bits per heavy atom. The third-order valence-corrected chi connectivity index (χ3v) is 1.25. The van der Waals surface area contributed by atoms with E-state index in [9.17, 15) is 29.7 Å². The van der Waals surface area contributed by atoms with Gasteiger partial charge in [0.15, 0.2) is 0 Å². The Labute approximate surface area is 104 Å². The number of carbonyl (C=O) groups is 3. The van der Waals surface area contributed by atoms with Gasteiger partial charge in [0, 0.05) is 52.1 Å². The van der Waals surface area contributed by atoms with Gasteiger partial charge in [0.25, 0.3) is 0 Å². The summed E-state index contributed by atoms with van der Waals surface area (Å²) in [5.74, 6) is -5.98. The van der Waals surface area contributed by atoms with E-state index in [1.54, 1.807) is 0 Å². The number of carbonyl (C=O) groups excluding carboxylic acids is 3. The zero-order valence-corrected chi connectivity index (χ0v) is 11.2. The summed E-state index contributed by atoms with van der Waals surface area (Å²) in [4.78, 5) is 30.0. The van der Waals surface area contributed by atoms with E-state index in [0.29, 0.717) is 0 Å². The van der Waals surface area contributed by atoms with Crippen molar-refractivity contribution in [2.24, 2.45) is 0 Å². The van der Waals surface area contributed by atoms with Crippen LogP contribution in [0.2, 0.25) is 0 Å². The largest absolute Gasteiger partial charge is 0.550 e. The molecule has 9 heteroatoms. The molecule has 0 aliphatic carbocycles. The monoisotopic (exact) mass is 415 g/mol. The van der Waals surface area contributed by atoms with Crippen molar-refractivity contribution >= 4 is 45.2 Å². The maximum Gasteiger partial charge on any atom is 0.114 e. The quantitative estimate of drug-likeness (QED) is 0.436. The fourth-order valence-corrected chi connectivity index (χ4v) is 0.684. The molecule has 0 aliphatic heterocycles. The normalized spacial score (nSPS) is 9.40. The van der Waals surface area contributed by atoms with E-state index in [-0.39, 0.29) is 32.8 Å². The molecule has 0 spiro atoms. The van der Waals surface area contributed by atoms with Gasteiger partial charge in [-0.25, -0.2) is 0 Å². The van der Waals surface area contributed by atoms with Gasteiger partial charge in [0.1, 0.15) is 5.60 Å². The zero-order chi connectivity index (χ0) is 10.6. The summed E-state index contributed by atoms with van der Waals surface area (Å²) in [5.41, 5.74) is -2.97. The summed E-state index contributed by atoms with van der Waals surface area (Å²) in [5, 5.41) is 38.9. The van der Waals surface area contributed by atoms with E-state index >= 15 is 0 Å². The first-order chi connectivity index (χ1) is 5.78. The molecule has 4 radical (unpaired) electrons. The van der Waals surface area contributed by atoms with Gasteiger partial charge in [-0.15, -0.1) is 0 Å². The number of carboxylic acids is 3. The summed E-state index contributed by atoms with van der Waals surface area (Å²) in [6.07, 6.45) is -2.72. The Morgan fingerprint density at radius 3 is 1.40 bits per heavy atom. The van der Waals surface area contributed by atoms with Gasteiger partial charge in [-0.2, -0.15) is 0 Å². The van der Waals surface area contributed by atoms with E-state index in [0.717, 1.165) is 0 Å². The summed E-state index contributed by atoms with van der Waals surface area (Å²) >= 11 is 0. The molecule has 0 aliphatic rings. The van der Waals surface area contributed by atoms with Crippen molar-refractivity contribution in [3.63, 3.8) is 0 Å². The first-order valence-corrected chi connectivity index (χ1v) is 3.11. The van der Waals surface area contributed by atoms with E-state index in [4.69, 9.17) is 5.11 Å². The molecule has 0 fully saturated rings. The number of aliphatic carboxylic acids is 3. The number of hydrogen-bond acceptors (Lipinski definition) is 7. The smallest absolute Gasteiger partial charge is 0.114 e. The fraction of sp³-hybridized carbons (Fsp3) is 0.500. The Morgan fingerprint density at radius 1 is 1.00 bits per heavy atom. The van der Waals surface area contributed by atoms with Crippen LogP contribution in [-0.4, -0.2) is 61.4 Å². The van der Waals surface area contributed by atoms with Gasteiger partial charge in [0.05, 0.1) is 5.97 Å². The molecule has 3 N–H and O–H groups in total. The van der Waals surface area contributed by atoms with Gasteiger partial charge in [-0.1, -0.05) is 0 Å². The van der Waals surface area contributed by atoms with E-state index in [2.05, 4.69) is 0 Å². The molecule has 86 valence electrons. The molecular formula is C6H7O8Pb-3. The molecule has 0 bridgehead atoms. The van der Waals surface area contributed by atoms with Crippen molar-refractivity contribution in [3.8, 4) is 0 Å². The van der Waals surface area contributed by atoms with Gasteiger partial charge in [0.2, 0.25) is 0 Å².